The number of aromatic nitrogens is 5. The van der Waals surface area contributed by atoms with Crippen LogP contribution in [0.3, 0.4) is 0 Å². The van der Waals surface area contributed by atoms with Crippen molar-refractivity contribution in [3.8, 4) is 22.2 Å². The molecule has 4 aromatic rings. The third-order valence-corrected chi connectivity index (χ3v) is 5.85. The fourth-order valence-corrected chi connectivity index (χ4v) is 4.41. The van der Waals surface area contributed by atoms with Crippen LogP contribution in [0.1, 0.15) is 12.7 Å². The van der Waals surface area contributed by atoms with Gasteiger partial charge in [-0.2, -0.15) is 16.3 Å². The lowest BCUT2D eigenvalue weighted by Crippen LogP contribution is -1.99. The van der Waals surface area contributed by atoms with Gasteiger partial charge in [-0.25, -0.2) is 0 Å². The molecule has 0 unspecified atom stereocenters. The summed E-state index contributed by atoms with van der Waals surface area (Å²) in [6.45, 7) is 2.91. The largest absolute Gasteiger partial charge is 0.334 e. The summed E-state index contributed by atoms with van der Waals surface area (Å²) in [5.74, 6) is 2.71. The Bertz CT molecular complexity index is 911. The van der Waals surface area contributed by atoms with Gasteiger partial charge in [0, 0.05) is 11.9 Å². The molecule has 0 saturated heterocycles. The van der Waals surface area contributed by atoms with Gasteiger partial charge in [0.25, 0.3) is 5.89 Å². The number of hydrogen-bond acceptors (Lipinski definition) is 8. The monoisotopic (exact) mass is 375 g/mol. The molecule has 0 spiro atoms. The zero-order valence-corrected chi connectivity index (χ0v) is 15.2. The van der Waals surface area contributed by atoms with Crippen molar-refractivity contribution in [2.75, 3.05) is 0 Å². The maximum atomic E-state index is 5.31. The lowest BCUT2D eigenvalue weighted by molar-refractivity contribution is 0.425. The van der Waals surface area contributed by atoms with Crippen LogP contribution in [0.5, 0.6) is 0 Å². The highest BCUT2D eigenvalue weighted by Gasteiger charge is 2.15. The van der Waals surface area contributed by atoms with Gasteiger partial charge in [0.2, 0.25) is 0 Å². The van der Waals surface area contributed by atoms with E-state index in [0.717, 1.165) is 28.0 Å². The van der Waals surface area contributed by atoms with Crippen molar-refractivity contribution in [3.05, 3.63) is 40.2 Å². The summed E-state index contributed by atoms with van der Waals surface area (Å²) in [5, 5.41) is 19.6. The van der Waals surface area contributed by atoms with E-state index in [1.54, 1.807) is 34.4 Å². The fourth-order valence-electron chi connectivity index (χ4n) is 2.21. The maximum Gasteiger partial charge on any atom is 0.258 e. The number of thiophene rings is 2. The molecular formula is C15H13N5OS3. The zero-order valence-electron chi connectivity index (χ0n) is 12.7. The van der Waals surface area contributed by atoms with Crippen molar-refractivity contribution in [1.82, 2.24) is 24.9 Å². The van der Waals surface area contributed by atoms with Crippen molar-refractivity contribution in [2.45, 2.75) is 24.4 Å². The van der Waals surface area contributed by atoms with Crippen LogP contribution < -0.4 is 0 Å². The number of thioether (sulfide) groups is 1. The van der Waals surface area contributed by atoms with E-state index in [4.69, 9.17) is 4.52 Å². The molecule has 0 aliphatic carbocycles. The van der Waals surface area contributed by atoms with Gasteiger partial charge < -0.3 is 9.09 Å². The topological polar surface area (TPSA) is 69.6 Å². The fraction of sp³-hybridized carbons (Fsp3) is 0.200. The van der Waals surface area contributed by atoms with Crippen LogP contribution in [0.4, 0.5) is 0 Å². The van der Waals surface area contributed by atoms with Crippen LogP contribution in [0.2, 0.25) is 0 Å². The average molecular weight is 376 g/mol. The van der Waals surface area contributed by atoms with Crippen molar-refractivity contribution >= 4 is 34.4 Å². The van der Waals surface area contributed by atoms with Gasteiger partial charge in [-0.1, -0.05) is 23.0 Å². The van der Waals surface area contributed by atoms with E-state index in [9.17, 15) is 0 Å². The summed E-state index contributed by atoms with van der Waals surface area (Å²) in [6.07, 6.45) is 0. The minimum Gasteiger partial charge on any atom is -0.334 e. The first kappa shape index (κ1) is 15.6. The third-order valence-electron chi connectivity index (χ3n) is 3.34. The van der Waals surface area contributed by atoms with Crippen LogP contribution in [-0.4, -0.2) is 24.9 Å². The quantitative estimate of drug-likeness (QED) is 0.464. The molecular weight excluding hydrogens is 362 g/mol. The highest BCUT2D eigenvalue weighted by Crippen LogP contribution is 2.29. The molecule has 122 valence electrons. The summed E-state index contributed by atoms with van der Waals surface area (Å²) in [6, 6.07) is 6.05. The second-order valence-electron chi connectivity index (χ2n) is 4.84. The lowest BCUT2D eigenvalue weighted by Gasteiger charge is -2.04. The summed E-state index contributed by atoms with van der Waals surface area (Å²) in [7, 11) is 0. The Labute approximate surface area is 150 Å². The molecule has 0 aliphatic rings. The molecule has 4 rings (SSSR count). The van der Waals surface area contributed by atoms with Gasteiger partial charge in [-0.15, -0.1) is 21.5 Å². The third kappa shape index (κ3) is 3.02. The Hall–Kier alpha value is -1.97. The molecule has 0 aromatic carbocycles. The highest BCUT2D eigenvalue weighted by atomic mass is 32.2. The SMILES string of the molecule is CCn1c(SCc2noc(-c3ccsc3)n2)nnc1-c1cccs1. The molecule has 9 heteroatoms. The van der Waals surface area contributed by atoms with Crippen molar-refractivity contribution in [2.24, 2.45) is 0 Å². The molecule has 4 aromatic heterocycles. The van der Waals surface area contributed by atoms with E-state index in [-0.39, 0.29) is 0 Å². The molecule has 0 aliphatic heterocycles. The predicted molar refractivity (Wildman–Crippen MR) is 96.2 cm³/mol. The van der Waals surface area contributed by atoms with Crippen molar-refractivity contribution in [1.29, 1.82) is 0 Å². The van der Waals surface area contributed by atoms with E-state index >= 15 is 0 Å². The number of hydrogen-bond donors (Lipinski definition) is 0. The molecule has 0 amide bonds. The standard InChI is InChI=1S/C15H13N5OS3/c1-2-20-13(11-4-3-6-23-11)17-18-15(20)24-9-12-16-14(21-19-12)10-5-7-22-8-10/h3-8H,2,9H2,1H3. The first-order valence-corrected chi connectivity index (χ1v) is 10.1. The van der Waals surface area contributed by atoms with Crippen molar-refractivity contribution in [3.63, 3.8) is 0 Å². The van der Waals surface area contributed by atoms with Crippen LogP contribution in [0.15, 0.2) is 44.0 Å². The zero-order chi connectivity index (χ0) is 16.4. The molecule has 0 N–H and O–H groups in total. The lowest BCUT2D eigenvalue weighted by atomic mass is 10.3. The van der Waals surface area contributed by atoms with Crippen LogP contribution in [-0.2, 0) is 12.3 Å². The number of rotatable bonds is 6. The smallest absolute Gasteiger partial charge is 0.258 e. The number of nitrogens with zero attached hydrogens (tertiary/aromatic N) is 5. The van der Waals surface area contributed by atoms with Crippen molar-refractivity contribution < 1.29 is 4.52 Å². The van der Waals surface area contributed by atoms with E-state index in [1.165, 1.54) is 0 Å². The van der Waals surface area contributed by atoms with Crippen LogP contribution in [0.25, 0.3) is 22.2 Å². The Kier molecular flexibility index (Phi) is 4.46. The summed E-state index contributed by atoms with van der Waals surface area (Å²) in [5.41, 5.74) is 0.959. The maximum absolute atomic E-state index is 5.31. The van der Waals surface area contributed by atoms with Crippen LogP contribution in [0, 0.1) is 0 Å². The molecule has 6 nitrogen and oxygen atoms in total. The first-order chi connectivity index (χ1) is 11.8. The Morgan fingerprint density at radius 3 is 2.96 bits per heavy atom. The van der Waals surface area contributed by atoms with Gasteiger partial charge in [0.05, 0.1) is 16.2 Å². The first-order valence-electron chi connectivity index (χ1n) is 7.30. The van der Waals surface area contributed by atoms with E-state index < -0.39 is 0 Å². The summed E-state index contributed by atoms with van der Waals surface area (Å²) >= 11 is 4.84. The van der Waals surface area contributed by atoms with E-state index in [0.29, 0.717) is 17.5 Å². The van der Waals surface area contributed by atoms with Gasteiger partial charge >= 0.3 is 0 Å². The minimum absolute atomic E-state index is 0.558. The molecule has 24 heavy (non-hydrogen) atoms. The second kappa shape index (κ2) is 6.88. The van der Waals surface area contributed by atoms with Crippen LogP contribution >= 0.6 is 34.4 Å². The summed E-state index contributed by atoms with van der Waals surface area (Å²) in [4.78, 5) is 5.55. The van der Waals surface area contributed by atoms with Gasteiger partial charge in [0.15, 0.2) is 16.8 Å². The van der Waals surface area contributed by atoms with E-state index in [1.807, 2.05) is 28.3 Å². The Balaban J connectivity index is 1.50. The molecule has 0 radical (unpaired) electrons. The van der Waals surface area contributed by atoms with Gasteiger partial charge in [-0.3, -0.25) is 0 Å². The average Bonchev–Trinajstić information content (AvgIpc) is 3.40. The van der Waals surface area contributed by atoms with Gasteiger partial charge in [0.1, 0.15) is 0 Å². The summed E-state index contributed by atoms with van der Waals surface area (Å²) < 4.78 is 7.42. The van der Waals surface area contributed by atoms with Gasteiger partial charge in [-0.05, 0) is 29.8 Å². The Morgan fingerprint density at radius 2 is 2.21 bits per heavy atom. The molecule has 0 fully saturated rings. The Morgan fingerprint density at radius 1 is 1.25 bits per heavy atom. The molecule has 4 heterocycles. The minimum atomic E-state index is 0.558. The molecule has 0 saturated carbocycles. The second-order valence-corrected chi connectivity index (χ2v) is 7.51. The van der Waals surface area contributed by atoms with E-state index in [2.05, 4.69) is 37.9 Å². The molecule has 0 bridgehead atoms. The highest BCUT2D eigenvalue weighted by molar-refractivity contribution is 7.98. The predicted octanol–water partition coefficient (Wildman–Crippen LogP) is 4.43. The molecule has 0 atom stereocenters. The normalized spacial score (nSPS) is 11.2.